The molecule has 112 valence electrons. The van der Waals surface area contributed by atoms with Gasteiger partial charge in [0.05, 0.1) is 6.61 Å². The molecule has 0 unspecified atom stereocenters. The Morgan fingerprint density at radius 1 is 1.14 bits per heavy atom. The number of halogens is 2. The topological polar surface area (TPSA) is 21.3 Å². The van der Waals surface area contributed by atoms with Crippen molar-refractivity contribution in [3.63, 3.8) is 0 Å². The molecule has 21 heavy (non-hydrogen) atoms. The van der Waals surface area contributed by atoms with E-state index in [4.69, 9.17) is 4.74 Å². The van der Waals surface area contributed by atoms with E-state index in [1.807, 2.05) is 30.3 Å². The predicted octanol–water partition coefficient (Wildman–Crippen LogP) is 4.48. The van der Waals surface area contributed by atoms with Crippen LogP contribution in [0.15, 0.2) is 56.7 Å². The molecule has 0 amide bonds. The summed E-state index contributed by atoms with van der Waals surface area (Å²) >= 11 is 5.08. The standard InChI is InChI=1S/C16H17BrFNOS/c1-20-10-9-19-11-12-14(18)6-4-8-15(12)21-16-7-3-2-5-13(16)17/h2-8,19H,9-11H2,1H3. The van der Waals surface area contributed by atoms with Gasteiger partial charge in [-0.1, -0.05) is 30.0 Å². The van der Waals surface area contributed by atoms with Gasteiger partial charge in [-0.15, -0.1) is 0 Å². The third-order valence-corrected chi connectivity index (χ3v) is 5.05. The molecule has 0 bridgehead atoms. The minimum absolute atomic E-state index is 0.183. The van der Waals surface area contributed by atoms with Crippen LogP contribution in [0.25, 0.3) is 0 Å². The highest BCUT2D eigenvalue weighted by atomic mass is 79.9. The molecule has 0 radical (unpaired) electrons. The molecule has 1 N–H and O–H groups in total. The molecule has 0 aliphatic carbocycles. The zero-order valence-corrected chi connectivity index (χ0v) is 14.1. The highest BCUT2D eigenvalue weighted by Crippen LogP contribution is 2.35. The molecular formula is C16H17BrFNOS. The van der Waals surface area contributed by atoms with E-state index >= 15 is 0 Å². The number of ether oxygens (including phenoxy) is 1. The summed E-state index contributed by atoms with van der Waals surface area (Å²) in [6.07, 6.45) is 0. The van der Waals surface area contributed by atoms with Crippen LogP contribution >= 0.6 is 27.7 Å². The number of hydrogen-bond acceptors (Lipinski definition) is 3. The third kappa shape index (κ3) is 4.81. The average molecular weight is 370 g/mol. The summed E-state index contributed by atoms with van der Waals surface area (Å²) in [5, 5.41) is 3.19. The zero-order valence-electron chi connectivity index (χ0n) is 11.7. The molecule has 0 spiro atoms. The molecule has 0 saturated carbocycles. The van der Waals surface area contributed by atoms with Gasteiger partial charge in [0, 0.05) is 40.0 Å². The van der Waals surface area contributed by atoms with E-state index in [9.17, 15) is 4.39 Å². The first kappa shape index (κ1) is 16.5. The van der Waals surface area contributed by atoms with Crippen molar-refractivity contribution >= 4 is 27.7 Å². The number of benzene rings is 2. The smallest absolute Gasteiger partial charge is 0.128 e. The lowest BCUT2D eigenvalue weighted by molar-refractivity contribution is 0.199. The molecule has 0 aliphatic rings. The van der Waals surface area contributed by atoms with Crippen LogP contribution in [-0.2, 0) is 11.3 Å². The fourth-order valence-electron chi connectivity index (χ4n) is 1.84. The van der Waals surface area contributed by atoms with Crippen LogP contribution in [0.3, 0.4) is 0 Å². The average Bonchev–Trinajstić information content (AvgIpc) is 2.48. The lowest BCUT2D eigenvalue weighted by Crippen LogP contribution is -2.19. The lowest BCUT2D eigenvalue weighted by atomic mass is 10.2. The Labute approximate surface area is 137 Å². The van der Waals surface area contributed by atoms with Crippen molar-refractivity contribution < 1.29 is 9.13 Å². The second kappa shape index (κ2) is 8.54. The first-order chi connectivity index (χ1) is 10.2. The summed E-state index contributed by atoms with van der Waals surface area (Å²) in [6.45, 7) is 1.80. The monoisotopic (exact) mass is 369 g/mol. The fraction of sp³-hybridized carbons (Fsp3) is 0.250. The molecule has 0 heterocycles. The van der Waals surface area contributed by atoms with Gasteiger partial charge in [0.15, 0.2) is 0 Å². The van der Waals surface area contributed by atoms with E-state index in [0.29, 0.717) is 25.3 Å². The van der Waals surface area contributed by atoms with E-state index in [1.165, 1.54) is 6.07 Å². The van der Waals surface area contributed by atoms with Gasteiger partial charge in [-0.25, -0.2) is 4.39 Å². The Hall–Kier alpha value is -0.880. The Morgan fingerprint density at radius 2 is 1.90 bits per heavy atom. The molecule has 0 fully saturated rings. The Bertz CT molecular complexity index is 594. The summed E-state index contributed by atoms with van der Waals surface area (Å²) in [5.41, 5.74) is 0.689. The van der Waals surface area contributed by atoms with Crippen LogP contribution < -0.4 is 5.32 Å². The van der Waals surface area contributed by atoms with E-state index < -0.39 is 0 Å². The molecular weight excluding hydrogens is 353 g/mol. The van der Waals surface area contributed by atoms with Gasteiger partial charge in [0.2, 0.25) is 0 Å². The minimum Gasteiger partial charge on any atom is -0.383 e. The molecule has 0 aromatic heterocycles. The molecule has 2 nitrogen and oxygen atoms in total. The Balaban J connectivity index is 2.15. The van der Waals surface area contributed by atoms with Gasteiger partial charge in [-0.05, 0) is 40.2 Å². The van der Waals surface area contributed by atoms with E-state index in [-0.39, 0.29) is 5.82 Å². The van der Waals surface area contributed by atoms with Crippen LogP contribution in [0, 0.1) is 5.82 Å². The largest absolute Gasteiger partial charge is 0.383 e. The summed E-state index contributed by atoms with van der Waals surface area (Å²) in [6, 6.07) is 13.1. The van der Waals surface area contributed by atoms with Crippen LogP contribution in [0.4, 0.5) is 4.39 Å². The van der Waals surface area contributed by atoms with Crippen molar-refractivity contribution in [2.24, 2.45) is 0 Å². The van der Waals surface area contributed by atoms with Crippen molar-refractivity contribution in [1.82, 2.24) is 5.32 Å². The second-order valence-corrected chi connectivity index (χ2v) is 6.36. The SMILES string of the molecule is COCCNCc1c(F)cccc1Sc1ccccc1Br. The van der Waals surface area contributed by atoms with Crippen LogP contribution in [-0.4, -0.2) is 20.3 Å². The number of hydrogen-bond donors (Lipinski definition) is 1. The second-order valence-electron chi connectivity index (χ2n) is 4.42. The van der Waals surface area contributed by atoms with E-state index in [1.54, 1.807) is 24.9 Å². The van der Waals surface area contributed by atoms with Gasteiger partial charge in [0.1, 0.15) is 5.82 Å². The first-order valence-electron chi connectivity index (χ1n) is 6.62. The Morgan fingerprint density at radius 3 is 2.67 bits per heavy atom. The molecule has 2 aromatic rings. The van der Waals surface area contributed by atoms with Crippen molar-refractivity contribution in [3.8, 4) is 0 Å². The van der Waals surface area contributed by atoms with Crippen molar-refractivity contribution in [3.05, 3.63) is 58.3 Å². The number of methoxy groups -OCH3 is 1. The summed E-state index contributed by atoms with van der Waals surface area (Å²) in [5.74, 6) is -0.183. The molecule has 2 rings (SSSR count). The predicted molar refractivity (Wildman–Crippen MR) is 88.2 cm³/mol. The summed E-state index contributed by atoms with van der Waals surface area (Å²) in [4.78, 5) is 1.99. The Kier molecular flexibility index (Phi) is 6.70. The van der Waals surface area contributed by atoms with E-state index in [2.05, 4.69) is 21.2 Å². The van der Waals surface area contributed by atoms with Gasteiger partial charge in [-0.3, -0.25) is 0 Å². The molecule has 0 aliphatic heterocycles. The van der Waals surface area contributed by atoms with Gasteiger partial charge < -0.3 is 10.1 Å². The fourth-order valence-corrected chi connectivity index (χ4v) is 3.36. The molecule has 0 atom stereocenters. The maximum atomic E-state index is 14.1. The summed E-state index contributed by atoms with van der Waals surface area (Å²) in [7, 11) is 1.65. The number of rotatable bonds is 7. The lowest BCUT2D eigenvalue weighted by Gasteiger charge is -2.12. The van der Waals surface area contributed by atoms with E-state index in [0.717, 1.165) is 14.3 Å². The third-order valence-electron chi connectivity index (χ3n) is 2.92. The highest BCUT2D eigenvalue weighted by Gasteiger charge is 2.10. The highest BCUT2D eigenvalue weighted by molar-refractivity contribution is 9.10. The molecule has 2 aromatic carbocycles. The van der Waals surface area contributed by atoms with Crippen LogP contribution in [0.2, 0.25) is 0 Å². The minimum atomic E-state index is -0.183. The van der Waals surface area contributed by atoms with Crippen LogP contribution in [0.5, 0.6) is 0 Å². The van der Waals surface area contributed by atoms with Crippen molar-refractivity contribution in [2.45, 2.75) is 16.3 Å². The van der Waals surface area contributed by atoms with Crippen molar-refractivity contribution in [2.75, 3.05) is 20.3 Å². The van der Waals surface area contributed by atoms with Gasteiger partial charge in [0.25, 0.3) is 0 Å². The van der Waals surface area contributed by atoms with Gasteiger partial charge >= 0.3 is 0 Å². The first-order valence-corrected chi connectivity index (χ1v) is 8.22. The normalized spacial score (nSPS) is 10.8. The summed E-state index contributed by atoms with van der Waals surface area (Å²) < 4.78 is 20.1. The molecule has 5 heteroatoms. The molecule has 0 saturated heterocycles. The number of nitrogens with one attached hydrogen (secondary N) is 1. The quantitative estimate of drug-likeness (QED) is 0.727. The van der Waals surface area contributed by atoms with Crippen molar-refractivity contribution in [1.29, 1.82) is 0 Å². The van der Waals surface area contributed by atoms with Crippen LogP contribution in [0.1, 0.15) is 5.56 Å². The maximum Gasteiger partial charge on any atom is 0.128 e. The van der Waals surface area contributed by atoms with Gasteiger partial charge in [-0.2, -0.15) is 0 Å². The maximum absolute atomic E-state index is 14.1. The zero-order chi connectivity index (χ0) is 15.1.